The van der Waals surface area contributed by atoms with E-state index in [1.165, 1.54) is 5.57 Å². The van der Waals surface area contributed by atoms with Gasteiger partial charge in [-0.05, 0) is 13.8 Å². The van der Waals surface area contributed by atoms with Crippen LogP contribution in [0.1, 0.15) is 13.8 Å². The molecule has 62 valence electrons. The van der Waals surface area contributed by atoms with Crippen LogP contribution >= 0.6 is 0 Å². The first-order chi connectivity index (χ1) is 5.24. The Kier molecular flexibility index (Phi) is 2.52. The van der Waals surface area contributed by atoms with Gasteiger partial charge in [0.15, 0.2) is 0 Å². The molecule has 1 aliphatic heterocycles. The fourth-order valence-corrected chi connectivity index (χ4v) is 0.827. The van der Waals surface area contributed by atoms with E-state index < -0.39 is 0 Å². The van der Waals surface area contributed by atoms with Gasteiger partial charge in [0.05, 0.1) is 5.71 Å². The Morgan fingerprint density at radius 3 is 2.82 bits per heavy atom. The number of hydrazone groups is 1. The summed E-state index contributed by atoms with van der Waals surface area (Å²) in [6.07, 6.45) is 2.00. The van der Waals surface area contributed by atoms with Gasteiger partial charge in [0.25, 0.3) is 0 Å². The molecule has 1 heterocycles. The van der Waals surface area contributed by atoms with E-state index in [1.807, 2.05) is 25.2 Å². The minimum absolute atomic E-state index is 0.956. The molecule has 0 saturated heterocycles. The van der Waals surface area contributed by atoms with Gasteiger partial charge in [-0.2, -0.15) is 5.10 Å². The smallest absolute Gasteiger partial charge is 0.0638 e. The molecule has 0 saturated carbocycles. The summed E-state index contributed by atoms with van der Waals surface area (Å²) in [5.41, 5.74) is 2.43. The fraction of sp³-hybridized carbons (Fsp3) is 0.625. The molecular formula is C8H15N3. The van der Waals surface area contributed by atoms with E-state index in [0.29, 0.717) is 0 Å². The molecule has 0 fully saturated rings. The number of rotatable bonds is 3. The molecule has 1 aliphatic rings. The van der Waals surface area contributed by atoms with Crippen LogP contribution in [0.25, 0.3) is 0 Å². The maximum atomic E-state index is 4.36. The zero-order valence-electron chi connectivity index (χ0n) is 7.39. The Morgan fingerprint density at radius 1 is 1.82 bits per heavy atom. The molecule has 3 heteroatoms. The van der Waals surface area contributed by atoms with Gasteiger partial charge in [-0.1, -0.05) is 0 Å². The quantitative estimate of drug-likeness (QED) is 0.480. The fourth-order valence-electron chi connectivity index (χ4n) is 0.827. The van der Waals surface area contributed by atoms with Crippen molar-refractivity contribution >= 4 is 5.71 Å². The van der Waals surface area contributed by atoms with Gasteiger partial charge < -0.3 is 10.3 Å². The summed E-state index contributed by atoms with van der Waals surface area (Å²) in [6, 6.07) is 0. The Balaban J connectivity index is 2.51. The van der Waals surface area contributed by atoms with E-state index in [9.17, 15) is 0 Å². The topological polar surface area (TPSA) is 27.6 Å². The Hall–Kier alpha value is -0.990. The molecule has 1 rings (SSSR count). The lowest BCUT2D eigenvalue weighted by Gasteiger charge is -2.18. The minimum atomic E-state index is 0.956. The number of nitrogens with one attached hydrogen (secondary N) is 1. The maximum Gasteiger partial charge on any atom is 0.0638 e. The summed E-state index contributed by atoms with van der Waals surface area (Å²) in [5.74, 6) is 0. The third kappa shape index (κ3) is 1.97. The van der Waals surface area contributed by atoms with Crippen molar-refractivity contribution in [2.45, 2.75) is 13.8 Å². The molecule has 0 spiro atoms. The van der Waals surface area contributed by atoms with Gasteiger partial charge in [-0.15, -0.1) is 0 Å². The van der Waals surface area contributed by atoms with Crippen LogP contribution in [0.15, 0.2) is 16.9 Å². The molecule has 0 aromatic heterocycles. The Bertz CT molecular complexity index is 194. The van der Waals surface area contributed by atoms with Crippen LogP contribution in [-0.2, 0) is 0 Å². The molecule has 0 unspecified atom stereocenters. The SMILES string of the molecule is CCN(C)/N=C(\C)C1=CNC1. The van der Waals surface area contributed by atoms with E-state index in [-0.39, 0.29) is 0 Å². The number of hydrogen-bond acceptors (Lipinski definition) is 3. The molecule has 11 heavy (non-hydrogen) atoms. The summed E-state index contributed by atoms with van der Waals surface area (Å²) in [5, 5.41) is 9.37. The van der Waals surface area contributed by atoms with Gasteiger partial charge in [0.1, 0.15) is 0 Å². The van der Waals surface area contributed by atoms with Gasteiger partial charge in [-0.3, -0.25) is 0 Å². The lowest BCUT2D eigenvalue weighted by molar-refractivity contribution is 0.375. The van der Waals surface area contributed by atoms with Crippen molar-refractivity contribution in [1.82, 2.24) is 10.3 Å². The van der Waals surface area contributed by atoms with Crippen molar-refractivity contribution in [3.8, 4) is 0 Å². The molecule has 1 N–H and O–H groups in total. The molecular weight excluding hydrogens is 138 g/mol. The second-order valence-corrected chi connectivity index (χ2v) is 2.71. The molecule has 0 radical (unpaired) electrons. The highest BCUT2D eigenvalue weighted by atomic mass is 15.4. The first kappa shape index (κ1) is 8.11. The predicted molar refractivity (Wildman–Crippen MR) is 47.5 cm³/mol. The Morgan fingerprint density at radius 2 is 2.45 bits per heavy atom. The first-order valence-electron chi connectivity index (χ1n) is 3.93. The largest absolute Gasteiger partial charge is 0.386 e. The molecule has 3 nitrogen and oxygen atoms in total. The van der Waals surface area contributed by atoms with Crippen LogP contribution in [0.3, 0.4) is 0 Å². The summed E-state index contributed by atoms with van der Waals surface area (Å²) >= 11 is 0. The first-order valence-corrected chi connectivity index (χ1v) is 3.93. The van der Waals surface area contributed by atoms with Crippen molar-refractivity contribution < 1.29 is 0 Å². The van der Waals surface area contributed by atoms with E-state index in [0.717, 1.165) is 18.8 Å². The minimum Gasteiger partial charge on any atom is -0.386 e. The van der Waals surface area contributed by atoms with Crippen LogP contribution in [0, 0.1) is 0 Å². The van der Waals surface area contributed by atoms with Crippen molar-refractivity contribution in [3.05, 3.63) is 11.8 Å². The summed E-state index contributed by atoms with van der Waals surface area (Å²) in [4.78, 5) is 0. The highest BCUT2D eigenvalue weighted by Gasteiger charge is 2.07. The molecule has 0 aromatic rings. The summed E-state index contributed by atoms with van der Waals surface area (Å²) < 4.78 is 0. The zero-order valence-corrected chi connectivity index (χ0v) is 7.39. The van der Waals surface area contributed by atoms with Crippen molar-refractivity contribution in [2.75, 3.05) is 20.1 Å². The molecule has 0 atom stereocenters. The van der Waals surface area contributed by atoms with Crippen molar-refractivity contribution in [1.29, 1.82) is 0 Å². The second-order valence-electron chi connectivity index (χ2n) is 2.71. The van der Waals surface area contributed by atoms with E-state index in [2.05, 4.69) is 17.3 Å². The van der Waals surface area contributed by atoms with Crippen LogP contribution < -0.4 is 5.32 Å². The lowest BCUT2D eigenvalue weighted by atomic mass is 10.1. The Labute approximate surface area is 67.8 Å². The van der Waals surface area contributed by atoms with Crippen molar-refractivity contribution in [3.63, 3.8) is 0 Å². The van der Waals surface area contributed by atoms with E-state index >= 15 is 0 Å². The maximum absolute atomic E-state index is 4.36. The lowest BCUT2D eigenvalue weighted by Crippen LogP contribution is -2.27. The monoisotopic (exact) mass is 153 g/mol. The van der Waals surface area contributed by atoms with Gasteiger partial charge >= 0.3 is 0 Å². The number of hydrogen-bond donors (Lipinski definition) is 1. The third-order valence-corrected chi connectivity index (χ3v) is 1.81. The van der Waals surface area contributed by atoms with Crippen LogP contribution in [-0.4, -0.2) is 30.9 Å². The highest BCUT2D eigenvalue weighted by molar-refractivity contribution is 5.99. The third-order valence-electron chi connectivity index (χ3n) is 1.81. The van der Waals surface area contributed by atoms with Crippen LogP contribution in [0.2, 0.25) is 0 Å². The molecule has 0 amide bonds. The summed E-state index contributed by atoms with van der Waals surface area (Å²) in [6.45, 7) is 6.05. The number of nitrogens with zero attached hydrogens (tertiary/aromatic N) is 2. The average Bonchev–Trinajstić information content (AvgIpc) is 1.83. The van der Waals surface area contributed by atoms with Crippen LogP contribution in [0.5, 0.6) is 0 Å². The highest BCUT2D eigenvalue weighted by Crippen LogP contribution is 2.03. The second kappa shape index (κ2) is 3.42. The zero-order chi connectivity index (χ0) is 8.27. The van der Waals surface area contributed by atoms with Crippen LogP contribution in [0.4, 0.5) is 0 Å². The average molecular weight is 153 g/mol. The van der Waals surface area contributed by atoms with Gasteiger partial charge in [0, 0.05) is 31.9 Å². The predicted octanol–water partition coefficient (Wildman–Crippen LogP) is 0.801. The summed E-state index contributed by atoms with van der Waals surface area (Å²) in [7, 11) is 1.98. The van der Waals surface area contributed by atoms with E-state index in [1.54, 1.807) is 0 Å². The van der Waals surface area contributed by atoms with Crippen molar-refractivity contribution in [2.24, 2.45) is 5.10 Å². The molecule has 0 aromatic carbocycles. The molecule has 0 bridgehead atoms. The normalized spacial score (nSPS) is 16.6. The van der Waals surface area contributed by atoms with Gasteiger partial charge in [0.2, 0.25) is 0 Å². The standard InChI is InChI=1S/C8H15N3/c1-4-11(3)10-7(2)8-5-9-6-8/h5,9H,4,6H2,1-3H3/b10-7+. The molecule has 0 aliphatic carbocycles. The van der Waals surface area contributed by atoms with E-state index in [4.69, 9.17) is 0 Å². The van der Waals surface area contributed by atoms with Gasteiger partial charge in [-0.25, -0.2) is 0 Å².